The Hall–Kier alpha value is -3.67. The van der Waals surface area contributed by atoms with E-state index in [-0.39, 0.29) is 22.6 Å². The normalized spacial score (nSPS) is 10.6. The molecule has 0 saturated heterocycles. The maximum absolute atomic E-state index is 11.6. The van der Waals surface area contributed by atoms with Crippen LogP contribution in [0.15, 0.2) is 54.6 Å². The fourth-order valence-corrected chi connectivity index (χ4v) is 2.88. The molecular weight excluding hydrogens is 316 g/mol. The molecule has 3 rings (SSSR count). The number of rotatable bonds is 3. The second-order valence-electron chi connectivity index (χ2n) is 5.69. The number of anilines is 4. The SMILES string of the molecule is Nc1cc(N)c(-c2ccc(-c3ccccc3)c(N)c2N)c(C(=O)O)c1. The zero-order chi connectivity index (χ0) is 18.1. The minimum absolute atomic E-state index is 0.0175. The molecule has 0 aliphatic rings. The molecule has 3 aromatic carbocycles. The lowest BCUT2D eigenvalue weighted by atomic mass is 9.92. The number of nitrogen functional groups attached to an aromatic ring is 4. The highest BCUT2D eigenvalue weighted by Crippen LogP contribution is 2.41. The standard InChI is InChI=1S/C19H18N4O2/c20-11-8-14(19(24)25)16(15(21)9-11)13-7-6-12(17(22)18(13)23)10-4-2-1-3-5-10/h1-9H,20-23H2,(H,24,25). The Bertz CT molecular complexity index is 969. The summed E-state index contributed by atoms with van der Waals surface area (Å²) in [5.74, 6) is -1.14. The Morgan fingerprint density at radius 2 is 1.40 bits per heavy atom. The van der Waals surface area contributed by atoms with E-state index in [1.165, 1.54) is 12.1 Å². The van der Waals surface area contributed by atoms with Crippen LogP contribution in [0, 0.1) is 0 Å². The fourth-order valence-electron chi connectivity index (χ4n) is 2.88. The van der Waals surface area contributed by atoms with Crippen LogP contribution in [0.25, 0.3) is 22.3 Å². The molecule has 0 atom stereocenters. The highest BCUT2D eigenvalue weighted by Gasteiger charge is 2.20. The van der Waals surface area contributed by atoms with Gasteiger partial charge in [0.1, 0.15) is 0 Å². The third kappa shape index (κ3) is 2.81. The van der Waals surface area contributed by atoms with E-state index in [1.807, 2.05) is 30.3 Å². The lowest BCUT2D eigenvalue weighted by Gasteiger charge is -2.17. The number of carbonyl (C=O) groups is 1. The molecule has 6 nitrogen and oxygen atoms in total. The van der Waals surface area contributed by atoms with Crippen molar-refractivity contribution in [3.8, 4) is 22.3 Å². The molecule has 0 saturated carbocycles. The Balaban J connectivity index is 2.24. The molecule has 6 heteroatoms. The van der Waals surface area contributed by atoms with Crippen molar-refractivity contribution in [3.63, 3.8) is 0 Å². The van der Waals surface area contributed by atoms with Crippen molar-refractivity contribution < 1.29 is 9.90 Å². The zero-order valence-corrected chi connectivity index (χ0v) is 13.4. The van der Waals surface area contributed by atoms with E-state index in [9.17, 15) is 9.90 Å². The van der Waals surface area contributed by atoms with Crippen LogP contribution >= 0.6 is 0 Å². The molecule has 0 amide bonds. The Morgan fingerprint density at radius 1 is 0.800 bits per heavy atom. The predicted molar refractivity (Wildman–Crippen MR) is 102 cm³/mol. The maximum Gasteiger partial charge on any atom is 0.336 e. The topological polar surface area (TPSA) is 141 Å². The molecule has 3 aromatic rings. The molecule has 0 radical (unpaired) electrons. The van der Waals surface area contributed by atoms with E-state index in [0.717, 1.165) is 11.1 Å². The van der Waals surface area contributed by atoms with Gasteiger partial charge in [-0.2, -0.15) is 0 Å². The molecule has 9 N–H and O–H groups in total. The molecule has 0 aromatic heterocycles. The van der Waals surface area contributed by atoms with Crippen molar-refractivity contribution in [1.82, 2.24) is 0 Å². The number of nitrogens with two attached hydrogens (primary N) is 4. The van der Waals surface area contributed by atoms with Gasteiger partial charge in [0.2, 0.25) is 0 Å². The third-order valence-corrected chi connectivity index (χ3v) is 4.06. The molecular formula is C19H18N4O2. The van der Waals surface area contributed by atoms with E-state index in [1.54, 1.807) is 12.1 Å². The quantitative estimate of drug-likeness (QED) is 0.466. The number of benzene rings is 3. The zero-order valence-electron chi connectivity index (χ0n) is 13.4. The number of hydrogen-bond donors (Lipinski definition) is 5. The Labute approximate surface area is 144 Å². The van der Waals surface area contributed by atoms with Crippen molar-refractivity contribution in [2.24, 2.45) is 0 Å². The molecule has 0 heterocycles. The van der Waals surface area contributed by atoms with Gasteiger partial charge < -0.3 is 28.0 Å². The molecule has 0 spiro atoms. The van der Waals surface area contributed by atoms with Gasteiger partial charge >= 0.3 is 5.97 Å². The van der Waals surface area contributed by atoms with Crippen LogP contribution in [0.3, 0.4) is 0 Å². The van der Waals surface area contributed by atoms with Crippen LogP contribution in [0.1, 0.15) is 10.4 Å². The first-order valence-corrected chi connectivity index (χ1v) is 7.56. The molecule has 0 aliphatic heterocycles. The van der Waals surface area contributed by atoms with Gasteiger partial charge in [0, 0.05) is 28.1 Å². The second-order valence-corrected chi connectivity index (χ2v) is 5.69. The number of carboxylic acid groups (broad SMARTS) is 1. The van der Waals surface area contributed by atoms with E-state index in [4.69, 9.17) is 22.9 Å². The van der Waals surface area contributed by atoms with Gasteiger partial charge in [0.15, 0.2) is 0 Å². The summed E-state index contributed by atoms with van der Waals surface area (Å²) >= 11 is 0. The average Bonchev–Trinajstić information content (AvgIpc) is 2.58. The Kier molecular flexibility index (Phi) is 3.94. The first-order chi connectivity index (χ1) is 11.9. The first-order valence-electron chi connectivity index (χ1n) is 7.56. The summed E-state index contributed by atoms with van der Waals surface area (Å²) in [5.41, 5.74) is 27.8. The third-order valence-electron chi connectivity index (χ3n) is 4.06. The van der Waals surface area contributed by atoms with Crippen LogP contribution in [-0.2, 0) is 0 Å². The number of aromatic carboxylic acids is 1. The highest BCUT2D eigenvalue weighted by molar-refractivity contribution is 6.05. The summed E-state index contributed by atoms with van der Waals surface area (Å²) in [7, 11) is 0. The summed E-state index contributed by atoms with van der Waals surface area (Å²) in [5, 5.41) is 9.49. The molecule has 0 aliphatic carbocycles. The van der Waals surface area contributed by atoms with Crippen molar-refractivity contribution in [2.75, 3.05) is 22.9 Å². The first kappa shape index (κ1) is 16.2. The molecule has 0 bridgehead atoms. The molecule has 0 unspecified atom stereocenters. The van der Waals surface area contributed by atoms with Crippen LogP contribution in [0.2, 0.25) is 0 Å². The van der Waals surface area contributed by atoms with Crippen molar-refractivity contribution in [2.45, 2.75) is 0 Å². The monoisotopic (exact) mass is 334 g/mol. The lowest BCUT2D eigenvalue weighted by Crippen LogP contribution is -2.07. The summed E-state index contributed by atoms with van der Waals surface area (Å²) < 4.78 is 0. The average molecular weight is 334 g/mol. The maximum atomic E-state index is 11.6. The molecule has 25 heavy (non-hydrogen) atoms. The van der Waals surface area contributed by atoms with Gasteiger partial charge in [-0.3, -0.25) is 0 Å². The van der Waals surface area contributed by atoms with Crippen LogP contribution in [0.5, 0.6) is 0 Å². The number of carboxylic acids is 1. The summed E-state index contributed by atoms with van der Waals surface area (Å²) in [6.45, 7) is 0. The van der Waals surface area contributed by atoms with Gasteiger partial charge in [-0.25, -0.2) is 4.79 Å². The smallest absolute Gasteiger partial charge is 0.336 e. The minimum Gasteiger partial charge on any atom is -0.478 e. The number of hydrogen-bond acceptors (Lipinski definition) is 5. The second kappa shape index (κ2) is 6.09. The van der Waals surface area contributed by atoms with E-state index in [2.05, 4.69) is 0 Å². The van der Waals surface area contributed by atoms with Gasteiger partial charge in [-0.05, 0) is 17.7 Å². The van der Waals surface area contributed by atoms with Crippen LogP contribution in [-0.4, -0.2) is 11.1 Å². The van der Waals surface area contributed by atoms with Crippen LogP contribution < -0.4 is 22.9 Å². The summed E-state index contributed by atoms with van der Waals surface area (Å²) in [6, 6.07) is 15.9. The predicted octanol–water partition coefficient (Wildman–Crippen LogP) is 3.05. The summed E-state index contributed by atoms with van der Waals surface area (Å²) in [4.78, 5) is 11.6. The van der Waals surface area contributed by atoms with E-state index in [0.29, 0.717) is 16.8 Å². The lowest BCUT2D eigenvalue weighted by molar-refractivity contribution is 0.0698. The van der Waals surface area contributed by atoms with Gasteiger partial charge in [-0.15, -0.1) is 0 Å². The van der Waals surface area contributed by atoms with Crippen molar-refractivity contribution in [3.05, 3.63) is 60.2 Å². The largest absolute Gasteiger partial charge is 0.478 e. The van der Waals surface area contributed by atoms with E-state index >= 15 is 0 Å². The highest BCUT2D eigenvalue weighted by atomic mass is 16.4. The van der Waals surface area contributed by atoms with Crippen molar-refractivity contribution >= 4 is 28.7 Å². The van der Waals surface area contributed by atoms with Crippen LogP contribution in [0.4, 0.5) is 22.7 Å². The van der Waals surface area contributed by atoms with Gasteiger partial charge in [0.05, 0.1) is 16.9 Å². The molecule has 126 valence electrons. The van der Waals surface area contributed by atoms with Gasteiger partial charge in [-0.1, -0.05) is 42.5 Å². The summed E-state index contributed by atoms with van der Waals surface area (Å²) in [6.07, 6.45) is 0. The van der Waals surface area contributed by atoms with Gasteiger partial charge in [0.25, 0.3) is 0 Å². The Morgan fingerprint density at radius 3 is 2.04 bits per heavy atom. The minimum atomic E-state index is -1.14. The van der Waals surface area contributed by atoms with Crippen molar-refractivity contribution in [1.29, 1.82) is 0 Å². The fraction of sp³-hybridized carbons (Fsp3) is 0. The molecule has 0 fully saturated rings. The van der Waals surface area contributed by atoms with E-state index < -0.39 is 5.97 Å².